The van der Waals surface area contributed by atoms with Crippen LogP contribution in [0.1, 0.15) is 29.5 Å². The van der Waals surface area contributed by atoms with E-state index in [9.17, 15) is 4.79 Å². The highest BCUT2D eigenvalue weighted by Gasteiger charge is 2.26. The second kappa shape index (κ2) is 8.13. The summed E-state index contributed by atoms with van der Waals surface area (Å²) in [5.41, 5.74) is 4.98. The summed E-state index contributed by atoms with van der Waals surface area (Å²) in [6.07, 6.45) is 3.45. The lowest BCUT2D eigenvalue weighted by Gasteiger charge is -2.37. The number of carbonyl (C=O) groups is 1. The summed E-state index contributed by atoms with van der Waals surface area (Å²) in [7, 11) is 0. The molecule has 2 amide bonds. The van der Waals surface area contributed by atoms with Crippen molar-refractivity contribution in [3.8, 4) is 0 Å². The summed E-state index contributed by atoms with van der Waals surface area (Å²) >= 11 is 0. The lowest BCUT2D eigenvalue weighted by atomic mass is 9.95. The van der Waals surface area contributed by atoms with Gasteiger partial charge in [0.2, 0.25) is 0 Å². The second-order valence-electron chi connectivity index (χ2n) is 7.95. The van der Waals surface area contributed by atoms with Gasteiger partial charge in [0, 0.05) is 38.4 Å². The molecule has 0 unspecified atom stereocenters. The number of hydrogen-bond donors (Lipinski definition) is 1. The van der Waals surface area contributed by atoms with Crippen molar-refractivity contribution in [2.45, 2.75) is 32.7 Å². The molecule has 0 aromatic heterocycles. The third-order valence-corrected chi connectivity index (χ3v) is 5.92. The molecule has 4 rings (SSSR count). The predicted molar refractivity (Wildman–Crippen MR) is 110 cm³/mol. The van der Waals surface area contributed by atoms with Gasteiger partial charge in [-0.15, -0.1) is 0 Å². The van der Waals surface area contributed by atoms with E-state index in [-0.39, 0.29) is 6.03 Å². The van der Waals surface area contributed by atoms with Crippen LogP contribution < -0.4 is 5.32 Å². The lowest BCUT2D eigenvalue weighted by Crippen LogP contribution is -2.46. The van der Waals surface area contributed by atoms with Crippen molar-refractivity contribution in [2.24, 2.45) is 5.92 Å². The summed E-state index contributed by atoms with van der Waals surface area (Å²) in [4.78, 5) is 17.3. The normalized spacial score (nSPS) is 20.2. The standard InChI is InChI=1S/C23H29N3O/c1-18-7-2-5-11-22(18)24-23(27)26-13-6-8-19(16-26)15-25-14-12-20-9-3-4-10-21(20)17-25/h2-5,7,9-11,19H,6,8,12-17H2,1H3,(H,24,27)/t19-/m1/s1. The van der Waals surface area contributed by atoms with E-state index in [4.69, 9.17) is 0 Å². The number of anilines is 1. The molecule has 0 bridgehead atoms. The number of fused-ring (bicyclic) bond motifs is 1. The fourth-order valence-electron chi connectivity index (χ4n) is 4.38. The summed E-state index contributed by atoms with van der Waals surface area (Å²) in [6.45, 7) is 7.00. The van der Waals surface area contributed by atoms with Crippen LogP contribution in [0.2, 0.25) is 0 Å². The van der Waals surface area contributed by atoms with Gasteiger partial charge in [0.05, 0.1) is 0 Å². The van der Waals surface area contributed by atoms with Gasteiger partial charge in [-0.3, -0.25) is 4.90 Å². The minimum atomic E-state index is 0.0398. The molecular formula is C23H29N3O. The lowest BCUT2D eigenvalue weighted by molar-refractivity contribution is 0.140. The van der Waals surface area contributed by atoms with Crippen LogP contribution in [0.4, 0.5) is 10.5 Å². The Kier molecular flexibility index (Phi) is 5.44. The summed E-state index contributed by atoms with van der Waals surface area (Å²) in [5, 5.41) is 3.09. The number of benzene rings is 2. The maximum Gasteiger partial charge on any atom is 0.321 e. The monoisotopic (exact) mass is 363 g/mol. The molecule has 2 aromatic carbocycles. The molecular weight excluding hydrogens is 334 g/mol. The molecule has 0 saturated carbocycles. The van der Waals surface area contributed by atoms with E-state index in [1.54, 1.807) is 0 Å². The Morgan fingerprint density at radius 3 is 2.70 bits per heavy atom. The fraction of sp³-hybridized carbons (Fsp3) is 0.435. The van der Waals surface area contributed by atoms with Gasteiger partial charge in [-0.1, -0.05) is 42.5 Å². The van der Waals surface area contributed by atoms with E-state index in [0.717, 1.165) is 56.8 Å². The minimum absolute atomic E-state index is 0.0398. The molecule has 2 heterocycles. The SMILES string of the molecule is Cc1ccccc1NC(=O)N1CCC[C@H](CN2CCc3ccccc3C2)C1. The van der Waals surface area contributed by atoms with E-state index in [1.807, 2.05) is 36.1 Å². The average molecular weight is 364 g/mol. The molecule has 4 heteroatoms. The number of urea groups is 1. The Bertz CT molecular complexity index is 804. The first-order valence-electron chi connectivity index (χ1n) is 10.1. The van der Waals surface area contributed by atoms with E-state index >= 15 is 0 Å². The zero-order valence-corrected chi connectivity index (χ0v) is 16.2. The first-order valence-corrected chi connectivity index (χ1v) is 10.1. The summed E-state index contributed by atoms with van der Waals surface area (Å²) in [5.74, 6) is 0.562. The summed E-state index contributed by atoms with van der Waals surface area (Å²) in [6, 6.07) is 16.8. The second-order valence-corrected chi connectivity index (χ2v) is 7.95. The van der Waals surface area contributed by atoms with Gasteiger partial charge in [-0.2, -0.15) is 0 Å². The molecule has 2 aliphatic rings. The molecule has 0 aliphatic carbocycles. The maximum atomic E-state index is 12.7. The molecule has 0 spiro atoms. The molecule has 2 aromatic rings. The number of para-hydroxylation sites is 1. The minimum Gasteiger partial charge on any atom is -0.324 e. The molecule has 0 radical (unpaired) electrons. The van der Waals surface area contributed by atoms with Crippen molar-refractivity contribution in [1.29, 1.82) is 0 Å². The van der Waals surface area contributed by atoms with Crippen LogP contribution in [0.25, 0.3) is 0 Å². The van der Waals surface area contributed by atoms with E-state index in [2.05, 4.69) is 34.5 Å². The van der Waals surface area contributed by atoms with Crippen LogP contribution in [0.15, 0.2) is 48.5 Å². The van der Waals surface area contributed by atoms with Crippen LogP contribution in [0, 0.1) is 12.8 Å². The van der Waals surface area contributed by atoms with E-state index < -0.39 is 0 Å². The predicted octanol–water partition coefficient (Wildman–Crippen LogP) is 4.30. The highest BCUT2D eigenvalue weighted by atomic mass is 16.2. The maximum absolute atomic E-state index is 12.7. The van der Waals surface area contributed by atoms with E-state index in [0.29, 0.717) is 5.92 Å². The van der Waals surface area contributed by atoms with Gasteiger partial charge < -0.3 is 10.2 Å². The quantitative estimate of drug-likeness (QED) is 0.883. The molecule has 1 atom stereocenters. The molecule has 1 saturated heterocycles. The largest absolute Gasteiger partial charge is 0.324 e. The number of amides is 2. The Morgan fingerprint density at radius 1 is 1.07 bits per heavy atom. The first-order chi connectivity index (χ1) is 13.2. The highest BCUT2D eigenvalue weighted by Crippen LogP contribution is 2.24. The number of piperidine rings is 1. The van der Waals surface area contributed by atoms with E-state index in [1.165, 1.54) is 17.5 Å². The zero-order chi connectivity index (χ0) is 18.6. The number of rotatable bonds is 3. The number of aryl methyl sites for hydroxylation is 1. The highest BCUT2D eigenvalue weighted by molar-refractivity contribution is 5.90. The third-order valence-electron chi connectivity index (χ3n) is 5.92. The van der Waals surface area contributed by atoms with Crippen molar-refractivity contribution in [2.75, 3.05) is 31.5 Å². The average Bonchev–Trinajstić information content (AvgIpc) is 2.70. The Morgan fingerprint density at radius 2 is 1.85 bits per heavy atom. The number of nitrogens with one attached hydrogen (secondary N) is 1. The Labute approximate surface area is 162 Å². The fourth-order valence-corrected chi connectivity index (χ4v) is 4.38. The molecule has 27 heavy (non-hydrogen) atoms. The Hall–Kier alpha value is -2.33. The van der Waals surface area contributed by atoms with Gasteiger partial charge in [-0.05, 0) is 54.9 Å². The third kappa shape index (κ3) is 4.33. The van der Waals surface area contributed by atoms with Crippen LogP contribution in [-0.2, 0) is 13.0 Å². The van der Waals surface area contributed by atoms with Gasteiger partial charge in [0.25, 0.3) is 0 Å². The van der Waals surface area contributed by atoms with Gasteiger partial charge in [0.1, 0.15) is 0 Å². The van der Waals surface area contributed by atoms with Crippen molar-refractivity contribution in [3.05, 3.63) is 65.2 Å². The Balaban J connectivity index is 1.33. The van der Waals surface area contributed by atoms with Crippen molar-refractivity contribution >= 4 is 11.7 Å². The van der Waals surface area contributed by atoms with Gasteiger partial charge in [-0.25, -0.2) is 4.79 Å². The van der Waals surface area contributed by atoms with Gasteiger partial charge >= 0.3 is 6.03 Å². The topological polar surface area (TPSA) is 35.6 Å². The van der Waals surface area contributed by atoms with Crippen molar-refractivity contribution < 1.29 is 4.79 Å². The molecule has 1 fully saturated rings. The van der Waals surface area contributed by atoms with Crippen LogP contribution in [0.3, 0.4) is 0 Å². The smallest absolute Gasteiger partial charge is 0.321 e. The first kappa shape index (κ1) is 18.1. The zero-order valence-electron chi connectivity index (χ0n) is 16.2. The number of likely N-dealkylation sites (tertiary alicyclic amines) is 1. The van der Waals surface area contributed by atoms with Crippen LogP contribution >= 0.6 is 0 Å². The molecule has 4 nitrogen and oxygen atoms in total. The number of nitrogens with zero attached hydrogens (tertiary/aromatic N) is 2. The molecule has 2 aliphatic heterocycles. The van der Waals surface area contributed by atoms with Crippen LogP contribution in [-0.4, -0.2) is 42.0 Å². The van der Waals surface area contributed by atoms with Crippen molar-refractivity contribution in [1.82, 2.24) is 9.80 Å². The molecule has 1 N–H and O–H groups in total. The molecule has 142 valence electrons. The number of hydrogen-bond acceptors (Lipinski definition) is 2. The number of carbonyl (C=O) groups excluding carboxylic acids is 1. The van der Waals surface area contributed by atoms with Gasteiger partial charge in [0.15, 0.2) is 0 Å². The summed E-state index contributed by atoms with van der Waals surface area (Å²) < 4.78 is 0. The van der Waals surface area contributed by atoms with Crippen molar-refractivity contribution in [3.63, 3.8) is 0 Å². The van der Waals surface area contributed by atoms with Crippen LogP contribution in [0.5, 0.6) is 0 Å².